The van der Waals surface area contributed by atoms with Gasteiger partial charge in [0.05, 0.1) is 0 Å². The van der Waals surface area contributed by atoms with Crippen LogP contribution in [0.2, 0.25) is 0 Å². The molecule has 2 aliphatic rings. The molecule has 0 nitrogen and oxygen atoms in total. The molecule has 0 aliphatic heterocycles. The second-order valence-corrected chi connectivity index (χ2v) is 11.2. The zero-order chi connectivity index (χ0) is 21.0. The number of hydrogen-bond acceptors (Lipinski definition) is 0. The van der Waals surface area contributed by atoms with Crippen molar-refractivity contribution < 1.29 is 0 Å². The summed E-state index contributed by atoms with van der Waals surface area (Å²) in [6, 6.07) is 0. The standard InChI is InChI=1S/C30H58/c1-2-6-10-14-18-22-26-29(25-21-17-13-9-5-1)30-27-23-19-15-11-7-3-4-8-12-16-20-24-28-30/h29-30H,1-28H2. The van der Waals surface area contributed by atoms with Gasteiger partial charge in [0.1, 0.15) is 0 Å². The quantitative estimate of drug-likeness (QED) is 0.397. The van der Waals surface area contributed by atoms with E-state index in [-0.39, 0.29) is 0 Å². The van der Waals surface area contributed by atoms with Gasteiger partial charge in [0.15, 0.2) is 0 Å². The number of rotatable bonds is 1. The van der Waals surface area contributed by atoms with Gasteiger partial charge in [0.25, 0.3) is 0 Å². The van der Waals surface area contributed by atoms with Gasteiger partial charge >= 0.3 is 0 Å². The van der Waals surface area contributed by atoms with E-state index in [0.717, 1.165) is 11.8 Å². The van der Waals surface area contributed by atoms with Gasteiger partial charge in [-0.1, -0.05) is 180 Å². The van der Waals surface area contributed by atoms with E-state index in [0.29, 0.717) is 0 Å². The van der Waals surface area contributed by atoms with E-state index in [2.05, 4.69) is 0 Å². The van der Waals surface area contributed by atoms with Crippen molar-refractivity contribution in [2.45, 2.75) is 180 Å². The summed E-state index contributed by atoms with van der Waals surface area (Å²) < 4.78 is 0. The molecule has 2 rings (SSSR count). The predicted molar refractivity (Wildman–Crippen MR) is 136 cm³/mol. The molecule has 0 amide bonds. The average Bonchev–Trinajstić information content (AvgIpc) is 2.77. The van der Waals surface area contributed by atoms with E-state index >= 15 is 0 Å². The van der Waals surface area contributed by atoms with E-state index in [4.69, 9.17) is 0 Å². The summed E-state index contributed by atoms with van der Waals surface area (Å²) in [7, 11) is 0. The largest absolute Gasteiger partial charge is 0.0533 e. The lowest BCUT2D eigenvalue weighted by Gasteiger charge is -2.28. The highest BCUT2D eigenvalue weighted by molar-refractivity contribution is 4.72. The minimum Gasteiger partial charge on any atom is -0.0533 e. The Bertz CT molecular complexity index is 280. The van der Waals surface area contributed by atoms with Crippen LogP contribution in [0.4, 0.5) is 0 Å². The van der Waals surface area contributed by atoms with Crippen molar-refractivity contribution in [1.82, 2.24) is 0 Å². The van der Waals surface area contributed by atoms with Gasteiger partial charge in [-0.2, -0.15) is 0 Å². The van der Waals surface area contributed by atoms with Crippen LogP contribution in [-0.2, 0) is 0 Å². The molecule has 2 saturated carbocycles. The highest BCUT2D eigenvalue weighted by atomic mass is 14.3. The molecule has 0 unspecified atom stereocenters. The lowest BCUT2D eigenvalue weighted by molar-refractivity contribution is 0.236. The van der Waals surface area contributed by atoms with E-state index in [1.54, 1.807) is 25.7 Å². The van der Waals surface area contributed by atoms with Crippen LogP contribution in [0.1, 0.15) is 180 Å². The third-order valence-electron chi connectivity index (χ3n) is 8.47. The van der Waals surface area contributed by atoms with Crippen LogP contribution in [0.5, 0.6) is 0 Å². The van der Waals surface area contributed by atoms with Crippen molar-refractivity contribution in [3.05, 3.63) is 0 Å². The maximum Gasteiger partial charge on any atom is -0.0386 e. The molecule has 0 spiro atoms. The zero-order valence-electron chi connectivity index (χ0n) is 21.0. The van der Waals surface area contributed by atoms with Gasteiger partial charge in [-0.3, -0.25) is 0 Å². The Labute approximate surface area is 191 Å². The molecular weight excluding hydrogens is 360 g/mol. The number of hydrogen-bond donors (Lipinski definition) is 0. The molecule has 2 fully saturated rings. The van der Waals surface area contributed by atoms with Crippen LogP contribution >= 0.6 is 0 Å². The monoisotopic (exact) mass is 418 g/mol. The summed E-state index contributed by atoms with van der Waals surface area (Å²) in [6.45, 7) is 0. The first-order valence-corrected chi connectivity index (χ1v) is 15.0. The minimum atomic E-state index is 1.06. The lowest BCUT2D eigenvalue weighted by atomic mass is 9.78. The summed E-state index contributed by atoms with van der Waals surface area (Å²) in [5, 5.41) is 0. The third-order valence-corrected chi connectivity index (χ3v) is 8.47. The van der Waals surface area contributed by atoms with Crippen LogP contribution < -0.4 is 0 Å². The molecule has 30 heavy (non-hydrogen) atoms. The Hall–Kier alpha value is 0. The molecular formula is C30H58. The second kappa shape index (κ2) is 19.7. The van der Waals surface area contributed by atoms with E-state index in [9.17, 15) is 0 Å². The molecule has 0 heterocycles. The van der Waals surface area contributed by atoms with Crippen molar-refractivity contribution in [2.24, 2.45) is 11.8 Å². The molecule has 0 bridgehead atoms. The molecule has 0 atom stereocenters. The second-order valence-electron chi connectivity index (χ2n) is 11.2. The topological polar surface area (TPSA) is 0 Å². The fraction of sp³-hybridized carbons (Fsp3) is 1.00. The van der Waals surface area contributed by atoms with E-state index in [1.165, 1.54) is 154 Å². The Morgan fingerprint density at radius 2 is 0.300 bits per heavy atom. The van der Waals surface area contributed by atoms with Gasteiger partial charge in [0.2, 0.25) is 0 Å². The van der Waals surface area contributed by atoms with Gasteiger partial charge in [-0.05, 0) is 11.8 Å². The molecule has 0 aromatic heterocycles. The van der Waals surface area contributed by atoms with Gasteiger partial charge < -0.3 is 0 Å². The summed E-state index contributed by atoms with van der Waals surface area (Å²) in [4.78, 5) is 0. The summed E-state index contributed by atoms with van der Waals surface area (Å²) in [6.07, 6.45) is 42.5. The van der Waals surface area contributed by atoms with Crippen LogP contribution in [-0.4, -0.2) is 0 Å². The molecule has 0 saturated heterocycles. The lowest BCUT2D eigenvalue weighted by Crippen LogP contribution is -2.16. The first-order valence-electron chi connectivity index (χ1n) is 15.0. The smallest absolute Gasteiger partial charge is 0.0386 e. The molecule has 0 aromatic carbocycles. The predicted octanol–water partition coefficient (Wildman–Crippen LogP) is 11.2. The summed E-state index contributed by atoms with van der Waals surface area (Å²) in [5.41, 5.74) is 0. The maximum atomic E-state index is 1.56. The fourth-order valence-corrected chi connectivity index (χ4v) is 6.39. The van der Waals surface area contributed by atoms with E-state index in [1.807, 2.05) is 0 Å². The SMILES string of the molecule is C1CCCCCCCC(C2CCCCCCCCCCCCCC2)CCCCCC1. The Morgan fingerprint density at radius 3 is 0.467 bits per heavy atom. The highest BCUT2D eigenvalue weighted by Crippen LogP contribution is 2.34. The van der Waals surface area contributed by atoms with Gasteiger partial charge in [-0.25, -0.2) is 0 Å². The summed E-state index contributed by atoms with van der Waals surface area (Å²) in [5.74, 6) is 2.12. The Kier molecular flexibility index (Phi) is 17.2. The minimum absolute atomic E-state index is 1.06. The molecule has 2 aliphatic carbocycles. The third kappa shape index (κ3) is 14.1. The van der Waals surface area contributed by atoms with Crippen molar-refractivity contribution >= 4 is 0 Å². The van der Waals surface area contributed by atoms with Crippen molar-refractivity contribution in [3.63, 3.8) is 0 Å². The van der Waals surface area contributed by atoms with E-state index < -0.39 is 0 Å². The molecule has 0 radical (unpaired) electrons. The average molecular weight is 419 g/mol. The first kappa shape index (κ1) is 26.3. The first-order chi connectivity index (χ1) is 15.0. The Morgan fingerprint density at radius 1 is 0.167 bits per heavy atom. The normalized spacial score (nSPS) is 26.0. The van der Waals surface area contributed by atoms with Gasteiger partial charge in [-0.15, -0.1) is 0 Å². The fourth-order valence-electron chi connectivity index (χ4n) is 6.39. The maximum absolute atomic E-state index is 1.56. The van der Waals surface area contributed by atoms with Crippen LogP contribution in [0.25, 0.3) is 0 Å². The highest BCUT2D eigenvalue weighted by Gasteiger charge is 2.20. The summed E-state index contributed by atoms with van der Waals surface area (Å²) >= 11 is 0. The molecule has 178 valence electrons. The van der Waals surface area contributed by atoms with Crippen molar-refractivity contribution in [2.75, 3.05) is 0 Å². The van der Waals surface area contributed by atoms with Crippen LogP contribution in [0.3, 0.4) is 0 Å². The molecule has 0 heteroatoms. The molecule has 0 N–H and O–H groups in total. The van der Waals surface area contributed by atoms with Gasteiger partial charge in [0, 0.05) is 0 Å². The molecule has 0 aromatic rings. The Balaban J connectivity index is 1.83. The van der Waals surface area contributed by atoms with Crippen molar-refractivity contribution in [3.8, 4) is 0 Å². The van der Waals surface area contributed by atoms with Crippen LogP contribution in [0, 0.1) is 11.8 Å². The van der Waals surface area contributed by atoms with Crippen LogP contribution in [0.15, 0.2) is 0 Å². The zero-order valence-corrected chi connectivity index (χ0v) is 21.0. The van der Waals surface area contributed by atoms with Crippen molar-refractivity contribution in [1.29, 1.82) is 0 Å².